The van der Waals surface area contributed by atoms with Gasteiger partial charge in [0.2, 0.25) is 0 Å². The first-order chi connectivity index (χ1) is 6.16. The second kappa shape index (κ2) is 3.10. The standard InChI is InChI=1S/C9H4FIO2/c10-6-3-5-1-2-8(12)13-9(5)7(11)4-6/h1-4H. The summed E-state index contributed by atoms with van der Waals surface area (Å²) < 4.78 is 18.4. The zero-order chi connectivity index (χ0) is 9.42. The smallest absolute Gasteiger partial charge is 0.336 e. The van der Waals surface area contributed by atoms with Gasteiger partial charge in [-0.15, -0.1) is 0 Å². The summed E-state index contributed by atoms with van der Waals surface area (Å²) in [5.74, 6) is -0.328. The van der Waals surface area contributed by atoms with Gasteiger partial charge in [-0.1, -0.05) is 0 Å². The predicted molar refractivity (Wildman–Crippen MR) is 55.2 cm³/mol. The Bertz CT molecular complexity index is 518. The lowest BCUT2D eigenvalue weighted by Crippen LogP contribution is -1.95. The molecule has 1 aromatic heterocycles. The van der Waals surface area contributed by atoms with Crippen molar-refractivity contribution >= 4 is 33.6 Å². The van der Waals surface area contributed by atoms with E-state index in [1.54, 1.807) is 6.07 Å². The summed E-state index contributed by atoms with van der Waals surface area (Å²) in [5, 5.41) is 0.601. The fraction of sp³-hybridized carbons (Fsp3) is 0. The Hall–Kier alpha value is -0.910. The first kappa shape index (κ1) is 8.68. The minimum absolute atomic E-state index is 0.328. The molecule has 2 aromatic rings. The second-order valence-electron chi connectivity index (χ2n) is 2.56. The molecule has 0 radical (unpaired) electrons. The van der Waals surface area contributed by atoms with E-state index in [0.29, 0.717) is 14.5 Å². The van der Waals surface area contributed by atoms with Gasteiger partial charge in [0.1, 0.15) is 5.82 Å². The molecule has 0 aliphatic heterocycles. The lowest BCUT2D eigenvalue weighted by Gasteiger charge is -1.97. The van der Waals surface area contributed by atoms with Gasteiger partial charge in [-0.25, -0.2) is 9.18 Å². The second-order valence-corrected chi connectivity index (χ2v) is 3.72. The molecule has 0 bridgehead atoms. The number of hydrogen-bond donors (Lipinski definition) is 0. The molecule has 2 rings (SSSR count). The van der Waals surface area contributed by atoms with E-state index < -0.39 is 5.63 Å². The minimum Gasteiger partial charge on any atom is -0.422 e. The molecule has 66 valence electrons. The Morgan fingerprint density at radius 2 is 2.08 bits per heavy atom. The first-order valence-corrected chi connectivity index (χ1v) is 4.63. The highest BCUT2D eigenvalue weighted by atomic mass is 127. The van der Waals surface area contributed by atoms with Gasteiger partial charge in [-0.05, 0) is 40.8 Å². The molecule has 2 nitrogen and oxygen atoms in total. The molecule has 0 aliphatic carbocycles. The van der Waals surface area contributed by atoms with Crippen molar-refractivity contribution in [3.05, 3.63) is 44.1 Å². The highest BCUT2D eigenvalue weighted by molar-refractivity contribution is 14.1. The number of hydrogen-bond acceptors (Lipinski definition) is 2. The third kappa shape index (κ3) is 1.58. The molecule has 0 saturated carbocycles. The molecular formula is C9H4FIO2. The molecule has 1 heterocycles. The highest BCUT2D eigenvalue weighted by Crippen LogP contribution is 2.20. The van der Waals surface area contributed by atoms with E-state index >= 15 is 0 Å². The number of fused-ring (bicyclic) bond motifs is 1. The van der Waals surface area contributed by atoms with Crippen LogP contribution in [-0.4, -0.2) is 0 Å². The van der Waals surface area contributed by atoms with Crippen LogP contribution >= 0.6 is 22.6 Å². The zero-order valence-electron chi connectivity index (χ0n) is 6.38. The maximum Gasteiger partial charge on any atom is 0.336 e. The molecular weight excluding hydrogens is 286 g/mol. The van der Waals surface area contributed by atoms with E-state index in [2.05, 4.69) is 0 Å². The Morgan fingerprint density at radius 3 is 2.85 bits per heavy atom. The summed E-state index contributed by atoms with van der Waals surface area (Å²) >= 11 is 1.93. The summed E-state index contributed by atoms with van der Waals surface area (Å²) in [6.45, 7) is 0. The SMILES string of the molecule is O=c1ccc2cc(F)cc(I)c2o1. The minimum atomic E-state index is -0.419. The molecule has 0 spiro atoms. The average Bonchev–Trinajstić information content (AvgIpc) is 2.06. The highest BCUT2D eigenvalue weighted by Gasteiger charge is 2.03. The van der Waals surface area contributed by atoms with Crippen molar-refractivity contribution in [2.24, 2.45) is 0 Å². The van der Waals surface area contributed by atoms with Crippen LogP contribution in [0, 0.1) is 9.39 Å². The Morgan fingerprint density at radius 1 is 1.31 bits per heavy atom. The van der Waals surface area contributed by atoms with Crippen molar-refractivity contribution < 1.29 is 8.81 Å². The van der Waals surface area contributed by atoms with Gasteiger partial charge >= 0.3 is 5.63 Å². The molecule has 1 aromatic carbocycles. The van der Waals surface area contributed by atoms with Crippen LogP contribution in [0.5, 0.6) is 0 Å². The third-order valence-electron chi connectivity index (χ3n) is 1.64. The first-order valence-electron chi connectivity index (χ1n) is 3.56. The van der Waals surface area contributed by atoms with Crippen molar-refractivity contribution in [2.45, 2.75) is 0 Å². The van der Waals surface area contributed by atoms with E-state index in [9.17, 15) is 9.18 Å². The molecule has 4 heteroatoms. The van der Waals surface area contributed by atoms with Crippen LogP contribution in [0.4, 0.5) is 4.39 Å². The van der Waals surface area contributed by atoms with Gasteiger partial charge in [-0.3, -0.25) is 0 Å². The number of rotatable bonds is 0. The van der Waals surface area contributed by atoms with E-state index in [1.807, 2.05) is 22.6 Å². The lowest BCUT2D eigenvalue weighted by molar-refractivity contribution is 0.556. The lowest BCUT2D eigenvalue weighted by atomic mass is 10.2. The summed E-state index contributed by atoms with van der Waals surface area (Å²) in [7, 11) is 0. The molecule has 0 saturated heterocycles. The molecule has 0 aliphatic rings. The normalized spacial score (nSPS) is 10.6. The Labute approximate surface area is 86.5 Å². The molecule has 0 unspecified atom stereocenters. The van der Waals surface area contributed by atoms with Crippen molar-refractivity contribution in [3.63, 3.8) is 0 Å². The van der Waals surface area contributed by atoms with Gasteiger partial charge < -0.3 is 4.42 Å². The predicted octanol–water partition coefficient (Wildman–Crippen LogP) is 2.54. The van der Waals surface area contributed by atoms with E-state index in [-0.39, 0.29) is 5.82 Å². The van der Waals surface area contributed by atoms with E-state index in [1.165, 1.54) is 18.2 Å². The largest absolute Gasteiger partial charge is 0.422 e. The van der Waals surface area contributed by atoms with Crippen LogP contribution in [0.2, 0.25) is 0 Å². The van der Waals surface area contributed by atoms with Crippen LogP contribution in [0.1, 0.15) is 0 Å². The number of halogens is 2. The molecule has 0 N–H and O–H groups in total. The van der Waals surface area contributed by atoms with Crippen LogP contribution in [0.25, 0.3) is 11.0 Å². The van der Waals surface area contributed by atoms with Crippen LogP contribution in [0.15, 0.2) is 33.5 Å². The number of benzene rings is 1. The summed E-state index contributed by atoms with van der Waals surface area (Å²) in [4.78, 5) is 10.9. The van der Waals surface area contributed by atoms with Crippen LogP contribution in [0.3, 0.4) is 0 Å². The Balaban J connectivity index is 2.95. The van der Waals surface area contributed by atoms with Crippen molar-refractivity contribution in [1.29, 1.82) is 0 Å². The van der Waals surface area contributed by atoms with Crippen LogP contribution < -0.4 is 5.63 Å². The van der Waals surface area contributed by atoms with Gasteiger partial charge in [-0.2, -0.15) is 0 Å². The van der Waals surface area contributed by atoms with Gasteiger partial charge in [0.15, 0.2) is 5.58 Å². The molecule has 0 amide bonds. The van der Waals surface area contributed by atoms with Crippen LogP contribution in [-0.2, 0) is 0 Å². The average molecular weight is 290 g/mol. The maximum absolute atomic E-state index is 12.9. The van der Waals surface area contributed by atoms with E-state index in [4.69, 9.17) is 4.42 Å². The van der Waals surface area contributed by atoms with Gasteiger partial charge in [0.05, 0.1) is 3.57 Å². The molecule has 0 atom stereocenters. The zero-order valence-corrected chi connectivity index (χ0v) is 8.54. The monoisotopic (exact) mass is 290 g/mol. The third-order valence-corrected chi connectivity index (χ3v) is 2.44. The summed E-state index contributed by atoms with van der Waals surface area (Å²) in [6, 6.07) is 5.48. The fourth-order valence-electron chi connectivity index (χ4n) is 1.10. The quantitative estimate of drug-likeness (QED) is 0.551. The van der Waals surface area contributed by atoms with Gasteiger partial charge in [0.25, 0.3) is 0 Å². The van der Waals surface area contributed by atoms with Crippen molar-refractivity contribution in [3.8, 4) is 0 Å². The fourth-order valence-corrected chi connectivity index (χ4v) is 1.82. The van der Waals surface area contributed by atoms with Gasteiger partial charge in [0, 0.05) is 11.5 Å². The Kier molecular flexibility index (Phi) is 2.07. The van der Waals surface area contributed by atoms with E-state index in [0.717, 1.165) is 0 Å². The molecule has 13 heavy (non-hydrogen) atoms. The summed E-state index contributed by atoms with van der Waals surface area (Å²) in [5.41, 5.74) is 0.0199. The van der Waals surface area contributed by atoms with Crippen molar-refractivity contribution in [1.82, 2.24) is 0 Å². The topological polar surface area (TPSA) is 30.2 Å². The maximum atomic E-state index is 12.9. The van der Waals surface area contributed by atoms with Crippen molar-refractivity contribution in [2.75, 3.05) is 0 Å². The molecule has 0 fully saturated rings. The summed E-state index contributed by atoms with van der Waals surface area (Å²) in [6.07, 6.45) is 0.